The van der Waals surface area contributed by atoms with E-state index in [0.29, 0.717) is 10.0 Å². The molecule has 0 spiro atoms. The van der Waals surface area contributed by atoms with E-state index in [2.05, 4.69) is 22.5 Å². The van der Waals surface area contributed by atoms with Gasteiger partial charge in [0.2, 0.25) is 0 Å². The smallest absolute Gasteiger partial charge is 0.349 e. The summed E-state index contributed by atoms with van der Waals surface area (Å²) in [5.41, 5.74) is 0.487. The van der Waals surface area contributed by atoms with Crippen LogP contribution in [0.4, 0.5) is 0 Å². The maximum atomic E-state index is 11.5. The van der Waals surface area contributed by atoms with Crippen LogP contribution >= 0.6 is 15.9 Å². The highest BCUT2D eigenvalue weighted by Crippen LogP contribution is 2.25. The largest absolute Gasteiger partial charge is 0.507 e. The van der Waals surface area contributed by atoms with E-state index in [4.69, 9.17) is 10.00 Å². The molecule has 0 aliphatic heterocycles. The first kappa shape index (κ1) is 14.0. The number of phenols is 1. The Bertz CT molecular complexity index is 544. The average Bonchev–Trinajstić information content (AvgIpc) is 2.37. The maximum Gasteiger partial charge on any atom is 0.349 e. The molecular formula is C13H10BrNO3. The van der Waals surface area contributed by atoms with Crippen molar-refractivity contribution in [1.82, 2.24) is 0 Å². The van der Waals surface area contributed by atoms with Crippen molar-refractivity contribution in [2.45, 2.75) is 0 Å². The van der Waals surface area contributed by atoms with Gasteiger partial charge in [-0.2, -0.15) is 5.26 Å². The third kappa shape index (κ3) is 3.75. The average molecular weight is 308 g/mol. The number of carbonyl (C=O) groups excluding carboxylic acids is 1. The zero-order valence-corrected chi connectivity index (χ0v) is 11.0. The summed E-state index contributed by atoms with van der Waals surface area (Å²) in [6.07, 6.45) is 2.81. The molecule has 0 radical (unpaired) electrons. The number of benzene rings is 1. The van der Waals surface area contributed by atoms with Crippen molar-refractivity contribution in [3.63, 3.8) is 0 Å². The topological polar surface area (TPSA) is 70.3 Å². The van der Waals surface area contributed by atoms with Gasteiger partial charge in [0.05, 0.1) is 4.47 Å². The van der Waals surface area contributed by atoms with Crippen molar-refractivity contribution in [3.8, 4) is 11.8 Å². The predicted molar refractivity (Wildman–Crippen MR) is 70.6 cm³/mol. The molecule has 1 aromatic carbocycles. The summed E-state index contributed by atoms with van der Waals surface area (Å²) in [6, 6.07) is 6.40. The van der Waals surface area contributed by atoms with Crippen LogP contribution in [0.5, 0.6) is 5.75 Å². The van der Waals surface area contributed by atoms with E-state index in [9.17, 15) is 9.90 Å². The van der Waals surface area contributed by atoms with Crippen LogP contribution < -0.4 is 0 Å². The van der Waals surface area contributed by atoms with Gasteiger partial charge in [0.15, 0.2) is 0 Å². The molecule has 5 heteroatoms. The minimum atomic E-state index is -0.707. The molecular weight excluding hydrogens is 298 g/mol. The van der Waals surface area contributed by atoms with Crippen molar-refractivity contribution >= 4 is 28.0 Å². The van der Waals surface area contributed by atoms with E-state index in [-0.39, 0.29) is 17.9 Å². The summed E-state index contributed by atoms with van der Waals surface area (Å²) in [5.74, 6) is -0.624. The first-order valence-corrected chi connectivity index (χ1v) is 5.76. The Labute approximate surface area is 113 Å². The number of nitrogens with zero attached hydrogens (tertiary/aromatic N) is 1. The molecule has 0 saturated heterocycles. The number of hydrogen-bond donors (Lipinski definition) is 1. The van der Waals surface area contributed by atoms with Crippen molar-refractivity contribution in [2.24, 2.45) is 0 Å². The van der Waals surface area contributed by atoms with E-state index in [0.717, 1.165) is 0 Å². The summed E-state index contributed by atoms with van der Waals surface area (Å²) in [7, 11) is 0. The number of rotatable bonds is 4. The van der Waals surface area contributed by atoms with Crippen LogP contribution in [0.25, 0.3) is 6.08 Å². The quantitative estimate of drug-likeness (QED) is 0.402. The van der Waals surface area contributed by atoms with Gasteiger partial charge in [-0.25, -0.2) is 4.79 Å². The molecule has 0 aliphatic carbocycles. The molecule has 0 aromatic heterocycles. The van der Waals surface area contributed by atoms with Gasteiger partial charge >= 0.3 is 5.97 Å². The van der Waals surface area contributed by atoms with Gasteiger partial charge in [0.1, 0.15) is 24.0 Å². The van der Waals surface area contributed by atoms with Gasteiger partial charge in [-0.1, -0.05) is 18.7 Å². The van der Waals surface area contributed by atoms with Crippen molar-refractivity contribution in [3.05, 3.63) is 46.5 Å². The van der Waals surface area contributed by atoms with E-state index in [1.807, 2.05) is 0 Å². The maximum absolute atomic E-state index is 11.5. The van der Waals surface area contributed by atoms with E-state index < -0.39 is 5.97 Å². The number of halogens is 1. The Morgan fingerprint density at radius 3 is 2.89 bits per heavy atom. The summed E-state index contributed by atoms with van der Waals surface area (Å²) >= 11 is 3.15. The van der Waals surface area contributed by atoms with Gasteiger partial charge in [-0.15, -0.1) is 0 Å². The molecule has 1 N–H and O–H groups in total. The Hall–Kier alpha value is -2.06. The van der Waals surface area contributed by atoms with Crippen LogP contribution in [-0.4, -0.2) is 17.7 Å². The lowest BCUT2D eigenvalue weighted by molar-refractivity contribution is -0.137. The highest BCUT2D eigenvalue weighted by molar-refractivity contribution is 9.10. The molecule has 1 rings (SSSR count). The van der Waals surface area contributed by atoms with Crippen LogP contribution in [0.15, 0.2) is 40.9 Å². The summed E-state index contributed by atoms with van der Waals surface area (Å²) < 4.78 is 5.24. The second-order valence-corrected chi connectivity index (χ2v) is 4.12. The Balaban J connectivity index is 2.97. The van der Waals surface area contributed by atoms with Crippen LogP contribution in [0.1, 0.15) is 5.56 Å². The zero-order chi connectivity index (χ0) is 13.5. The van der Waals surface area contributed by atoms with Crippen LogP contribution in [0.2, 0.25) is 0 Å². The molecule has 4 nitrogen and oxygen atoms in total. The van der Waals surface area contributed by atoms with Crippen molar-refractivity contribution in [1.29, 1.82) is 5.26 Å². The lowest BCUT2D eigenvalue weighted by atomic mass is 10.1. The Morgan fingerprint density at radius 2 is 2.33 bits per heavy atom. The normalized spacial score (nSPS) is 10.6. The fourth-order valence-electron chi connectivity index (χ4n) is 1.13. The second-order valence-electron chi connectivity index (χ2n) is 3.27. The van der Waals surface area contributed by atoms with Gasteiger partial charge in [0, 0.05) is 0 Å². The summed E-state index contributed by atoms with van der Waals surface area (Å²) in [5, 5.41) is 18.2. The molecule has 0 fully saturated rings. The number of esters is 1. The van der Waals surface area contributed by atoms with E-state index in [1.165, 1.54) is 18.2 Å². The molecule has 0 atom stereocenters. The van der Waals surface area contributed by atoms with Crippen molar-refractivity contribution in [2.75, 3.05) is 6.61 Å². The molecule has 0 saturated carbocycles. The van der Waals surface area contributed by atoms with Gasteiger partial charge in [0.25, 0.3) is 0 Å². The summed E-state index contributed by atoms with van der Waals surface area (Å²) in [6.45, 7) is 3.46. The highest BCUT2D eigenvalue weighted by atomic mass is 79.9. The number of hydrogen-bond acceptors (Lipinski definition) is 4. The number of carbonyl (C=O) groups is 1. The number of aromatic hydroxyl groups is 1. The van der Waals surface area contributed by atoms with Crippen LogP contribution in [0.3, 0.4) is 0 Å². The monoisotopic (exact) mass is 307 g/mol. The zero-order valence-electron chi connectivity index (χ0n) is 9.39. The molecule has 0 heterocycles. The third-order valence-electron chi connectivity index (χ3n) is 1.96. The Kier molecular flexibility index (Phi) is 5.15. The predicted octanol–water partition coefficient (Wildman–Crippen LogP) is 2.79. The fourth-order valence-corrected chi connectivity index (χ4v) is 1.53. The van der Waals surface area contributed by atoms with Gasteiger partial charge in [-0.3, -0.25) is 0 Å². The molecule has 0 unspecified atom stereocenters. The molecule has 0 bridgehead atoms. The number of nitriles is 1. The third-order valence-corrected chi connectivity index (χ3v) is 2.59. The summed E-state index contributed by atoms with van der Waals surface area (Å²) in [4.78, 5) is 11.5. The van der Waals surface area contributed by atoms with Crippen LogP contribution in [0, 0.1) is 11.3 Å². The molecule has 92 valence electrons. The van der Waals surface area contributed by atoms with Crippen LogP contribution in [-0.2, 0) is 9.53 Å². The lowest BCUT2D eigenvalue weighted by Gasteiger charge is -2.01. The Morgan fingerprint density at radius 1 is 1.61 bits per heavy atom. The molecule has 0 aliphatic rings. The first-order chi connectivity index (χ1) is 8.58. The second kappa shape index (κ2) is 6.62. The standard InChI is InChI=1S/C13H10BrNO3/c1-2-5-18-13(17)10(8-15)6-9-3-4-12(16)11(14)7-9/h2-4,6-7,16H,1,5H2/b10-6-. The van der Waals surface area contributed by atoms with E-state index >= 15 is 0 Å². The van der Waals surface area contributed by atoms with Gasteiger partial charge in [-0.05, 0) is 39.7 Å². The number of ether oxygens (including phenoxy) is 1. The molecule has 18 heavy (non-hydrogen) atoms. The lowest BCUT2D eigenvalue weighted by Crippen LogP contribution is -2.06. The minimum Gasteiger partial charge on any atom is -0.507 e. The highest BCUT2D eigenvalue weighted by Gasteiger charge is 2.10. The molecule has 0 amide bonds. The minimum absolute atomic E-state index is 0.0527. The number of phenolic OH excluding ortho intramolecular Hbond substituents is 1. The van der Waals surface area contributed by atoms with Gasteiger partial charge < -0.3 is 9.84 Å². The fraction of sp³-hybridized carbons (Fsp3) is 0.0769. The SMILES string of the molecule is C=CCOC(=O)/C(C#N)=C\c1ccc(O)c(Br)c1. The van der Waals surface area contributed by atoms with Crippen molar-refractivity contribution < 1.29 is 14.6 Å². The first-order valence-electron chi connectivity index (χ1n) is 4.96. The van der Waals surface area contributed by atoms with E-state index in [1.54, 1.807) is 18.2 Å². The molecule has 1 aromatic rings.